The Bertz CT molecular complexity index is 977. The lowest BCUT2D eigenvalue weighted by atomic mass is 10.1. The Morgan fingerprint density at radius 2 is 2.00 bits per heavy atom. The topological polar surface area (TPSA) is 27.8 Å². The first-order valence-electron chi connectivity index (χ1n) is 9.00. The molecule has 3 heterocycles. The van der Waals surface area contributed by atoms with Crippen LogP contribution < -0.4 is 24.9 Å². The molecule has 2 aromatic carbocycles. The van der Waals surface area contributed by atoms with Crippen LogP contribution in [0, 0.1) is 0 Å². The zero-order valence-corrected chi connectivity index (χ0v) is 14.3. The summed E-state index contributed by atoms with van der Waals surface area (Å²) in [5, 5.41) is 2.29. The Labute approximate surface area is 141 Å². The summed E-state index contributed by atoms with van der Waals surface area (Å²) in [6.07, 6.45) is 2.21. The maximum Gasteiger partial charge on any atom is 0.207 e. The van der Waals surface area contributed by atoms with Crippen LogP contribution in [0.1, 0.15) is 25.0 Å². The summed E-state index contributed by atoms with van der Waals surface area (Å²) in [6.45, 7) is 8.69. The van der Waals surface area contributed by atoms with Crippen molar-refractivity contribution in [3.63, 3.8) is 0 Å². The van der Waals surface area contributed by atoms with Gasteiger partial charge in [-0.2, -0.15) is 0 Å². The van der Waals surface area contributed by atoms with Crippen molar-refractivity contribution in [3.05, 3.63) is 46.1 Å². The van der Waals surface area contributed by atoms with E-state index in [2.05, 4.69) is 47.6 Å². The molecular weight excluding hydrogens is 298 g/mol. The van der Waals surface area contributed by atoms with Crippen molar-refractivity contribution in [1.29, 1.82) is 0 Å². The van der Waals surface area contributed by atoms with Gasteiger partial charge in [0.15, 0.2) is 11.5 Å². The lowest BCUT2D eigenvalue weighted by Gasteiger charge is -2.20. The fourth-order valence-electron chi connectivity index (χ4n) is 4.19. The fourth-order valence-corrected chi connectivity index (χ4v) is 4.19. The van der Waals surface area contributed by atoms with Crippen molar-refractivity contribution < 1.29 is 4.74 Å². The highest BCUT2D eigenvalue weighted by Gasteiger charge is 2.25. The first-order valence-corrected chi connectivity index (χ1v) is 9.00. The Balaban J connectivity index is 1.68. The van der Waals surface area contributed by atoms with Crippen LogP contribution in [0.2, 0.25) is 0 Å². The van der Waals surface area contributed by atoms with Crippen molar-refractivity contribution in [3.8, 4) is 11.5 Å². The van der Waals surface area contributed by atoms with Crippen LogP contribution >= 0.6 is 0 Å². The maximum atomic E-state index is 6.27. The second kappa shape index (κ2) is 5.07. The normalized spacial score (nSPS) is 16.9. The van der Waals surface area contributed by atoms with Gasteiger partial charge in [-0.05, 0) is 38.0 Å². The Hall–Kier alpha value is -2.36. The van der Waals surface area contributed by atoms with Crippen molar-refractivity contribution in [2.75, 3.05) is 31.1 Å². The summed E-state index contributed by atoms with van der Waals surface area (Å²) in [5.41, 5.74) is 5.07. The number of hydrogen-bond acceptors (Lipinski definition) is 3. The van der Waals surface area contributed by atoms with Crippen LogP contribution in [0.15, 0.2) is 29.3 Å². The molecule has 0 N–H and O–H groups in total. The van der Waals surface area contributed by atoms with Crippen molar-refractivity contribution in [2.24, 2.45) is 4.99 Å². The quantitative estimate of drug-likeness (QED) is 0.677. The molecule has 4 nitrogen and oxygen atoms in total. The molecule has 0 saturated heterocycles. The second-order valence-corrected chi connectivity index (χ2v) is 6.77. The smallest absolute Gasteiger partial charge is 0.207 e. The summed E-state index contributed by atoms with van der Waals surface area (Å²) in [6, 6.07) is 8.79. The van der Waals surface area contributed by atoms with Gasteiger partial charge in [0.1, 0.15) is 24.1 Å². The molecule has 0 aliphatic carbocycles. The van der Waals surface area contributed by atoms with E-state index in [-0.39, 0.29) is 0 Å². The molecule has 5 rings (SSSR count). The monoisotopic (exact) mass is 320 g/mol. The summed E-state index contributed by atoms with van der Waals surface area (Å²) >= 11 is 0. The van der Waals surface area contributed by atoms with Gasteiger partial charge in [0.25, 0.3) is 0 Å². The van der Waals surface area contributed by atoms with E-state index in [4.69, 9.17) is 9.73 Å². The zero-order chi connectivity index (χ0) is 16.3. The zero-order valence-electron chi connectivity index (χ0n) is 14.3. The highest BCUT2D eigenvalue weighted by molar-refractivity contribution is 5.70. The number of anilines is 1. The van der Waals surface area contributed by atoms with Gasteiger partial charge in [-0.1, -0.05) is 0 Å². The Morgan fingerprint density at radius 3 is 2.83 bits per heavy atom. The molecule has 0 radical (unpaired) electrons. The van der Waals surface area contributed by atoms with E-state index in [1.165, 1.54) is 22.2 Å². The highest BCUT2D eigenvalue weighted by atomic mass is 16.5. The van der Waals surface area contributed by atoms with Crippen molar-refractivity contribution in [2.45, 2.75) is 26.7 Å². The number of hydrogen-bond donors (Lipinski definition) is 0. The average Bonchev–Trinajstić information content (AvgIpc) is 3.18. The number of benzene rings is 2. The van der Waals surface area contributed by atoms with Crippen LogP contribution in [-0.4, -0.2) is 26.2 Å². The molecule has 0 spiro atoms. The molecule has 0 amide bonds. The van der Waals surface area contributed by atoms with E-state index in [9.17, 15) is 0 Å². The molecule has 0 aromatic heterocycles. The molecule has 24 heavy (non-hydrogen) atoms. The van der Waals surface area contributed by atoms with E-state index >= 15 is 0 Å². The predicted octanol–water partition coefficient (Wildman–Crippen LogP) is 2.19. The largest absolute Gasteiger partial charge is 0.452 e. The highest BCUT2D eigenvalue weighted by Crippen LogP contribution is 2.41. The van der Waals surface area contributed by atoms with E-state index < -0.39 is 0 Å². The molecule has 0 atom stereocenters. The predicted molar refractivity (Wildman–Crippen MR) is 95.3 cm³/mol. The van der Waals surface area contributed by atoms with E-state index in [0.29, 0.717) is 0 Å². The first-order chi connectivity index (χ1) is 11.8. The SMILES string of the molecule is CCN1CCc2cc3c(cc21)Oc1cc2c(cc1=N3)CC[N+]=2CC. The fraction of sp³-hybridized carbons (Fsp3) is 0.400. The van der Waals surface area contributed by atoms with Crippen molar-refractivity contribution in [1.82, 2.24) is 4.58 Å². The molecule has 2 aromatic rings. The van der Waals surface area contributed by atoms with E-state index in [0.717, 1.165) is 61.6 Å². The molecule has 0 saturated carbocycles. The standard InChI is InChI=1S/C20H22N3O/c1-3-22-7-5-13-9-15-19(11-17(13)22)24-20-12-18-14(10-16(20)21-15)6-8-23(18)4-2/h9-12H,3-8H2,1-2H3/q+1. The number of likely N-dealkylation sites (N-methyl/N-ethyl adjacent to an activating group) is 2. The minimum atomic E-state index is 0.891. The minimum absolute atomic E-state index is 0.891. The Morgan fingerprint density at radius 1 is 1.08 bits per heavy atom. The van der Waals surface area contributed by atoms with Crippen molar-refractivity contribution >= 4 is 11.4 Å². The minimum Gasteiger partial charge on any atom is -0.452 e. The van der Waals surface area contributed by atoms with Gasteiger partial charge < -0.3 is 9.64 Å². The molecule has 4 heteroatoms. The molecule has 3 aliphatic rings. The van der Waals surface area contributed by atoms with Gasteiger partial charge in [0.2, 0.25) is 5.36 Å². The average molecular weight is 320 g/mol. The molecule has 3 aliphatic heterocycles. The van der Waals surface area contributed by atoms with E-state index in [1.54, 1.807) is 0 Å². The van der Waals surface area contributed by atoms with Gasteiger partial charge in [-0.25, -0.2) is 9.57 Å². The van der Waals surface area contributed by atoms with E-state index in [1.807, 2.05) is 0 Å². The van der Waals surface area contributed by atoms with Crippen LogP contribution in [0.25, 0.3) is 0 Å². The van der Waals surface area contributed by atoms with Gasteiger partial charge in [-0.15, -0.1) is 0 Å². The third kappa shape index (κ3) is 1.92. The molecule has 0 bridgehead atoms. The molecule has 0 fully saturated rings. The van der Waals surface area contributed by atoms with Crippen LogP contribution in [0.4, 0.5) is 11.4 Å². The molecule has 0 unspecified atom stereocenters. The summed E-state index contributed by atoms with van der Waals surface area (Å²) < 4.78 is 8.68. The number of rotatable bonds is 2. The number of fused-ring (bicyclic) bond motifs is 4. The van der Waals surface area contributed by atoms with Crippen LogP contribution in [0.3, 0.4) is 0 Å². The van der Waals surface area contributed by atoms with Crippen LogP contribution in [0.5, 0.6) is 11.5 Å². The maximum absolute atomic E-state index is 6.27. The third-order valence-corrected chi connectivity index (χ3v) is 5.53. The molecular formula is C20H22N3O+. The number of ether oxygens (including phenoxy) is 1. The summed E-state index contributed by atoms with van der Waals surface area (Å²) in [5.74, 6) is 1.78. The number of nitrogens with zero attached hydrogens (tertiary/aromatic N) is 3. The Kier molecular flexibility index (Phi) is 2.96. The third-order valence-electron chi connectivity index (χ3n) is 5.53. The lowest BCUT2D eigenvalue weighted by molar-refractivity contribution is 0.468. The van der Waals surface area contributed by atoms with Gasteiger partial charge >= 0.3 is 0 Å². The second-order valence-electron chi connectivity index (χ2n) is 6.77. The summed E-state index contributed by atoms with van der Waals surface area (Å²) in [4.78, 5) is 7.32. The van der Waals surface area contributed by atoms with Gasteiger partial charge in [-0.3, -0.25) is 0 Å². The summed E-state index contributed by atoms with van der Waals surface area (Å²) in [7, 11) is 0. The molecule has 122 valence electrons. The first kappa shape index (κ1) is 14.0. The van der Waals surface area contributed by atoms with Crippen LogP contribution in [-0.2, 0) is 12.8 Å². The lowest BCUT2D eigenvalue weighted by Crippen LogP contribution is -2.27. The van der Waals surface area contributed by atoms with Gasteiger partial charge in [0.05, 0.1) is 6.07 Å². The van der Waals surface area contributed by atoms with Gasteiger partial charge in [0, 0.05) is 36.8 Å².